The highest BCUT2D eigenvalue weighted by atomic mass is 35.5. The number of sulfonamides is 1. The van der Waals surface area contributed by atoms with E-state index in [0.717, 1.165) is 29.2 Å². The zero-order chi connectivity index (χ0) is 20.6. The number of rotatable bonds is 3. The first-order valence-corrected chi connectivity index (χ1v) is 12.5. The number of halogens is 1. The molecule has 2 aromatic carbocycles. The summed E-state index contributed by atoms with van der Waals surface area (Å²) in [5.74, 6) is 1.21. The number of hydrogen-bond acceptors (Lipinski definition) is 4. The maximum Gasteiger partial charge on any atom is 0.258 e. The van der Waals surface area contributed by atoms with Crippen LogP contribution in [0.15, 0.2) is 52.3 Å². The van der Waals surface area contributed by atoms with Crippen LogP contribution in [0, 0.1) is 5.92 Å². The van der Waals surface area contributed by atoms with Crippen LogP contribution in [0.1, 0.15) is 30.1 Å². The molecule has 1 saturated heterocycles. The number of carbonyl (C=O) groups is 1. The number of carbonyl (C=O) groups excluding carboxylic acids is 1. The normalized spacial score (nSPS) is 18.5. The summed E-state index contributed by atoms with van der Waals surface area (Å²) in [6, 6.07) is 11.8. The van der Waals surface area contributed by atoms with E-state index < -0.39 is 10.0 Å². The second kappa shape index (κ2) is 8.30. The molecule has 0 N–H and O–H groups in total. The Morgan fingerprint density at radius 3 is 2.45 bits per heavy atom. The first-order chi connectivity index (χ1) is 13.9. The molecule has 1 fully saturated rings. The summed E-state index contributed by atoms with van der Waals surface area (Å²) in [7, 11) is -3.52. The van der Waals surface area contributed by atoms with Crippen molar-refractivity contribution in [3.8, 4) is 0 Å². The highest BCUT2D eigenvalue weighted by Gasteiger charge is 2.29. The van der Waals surface area contributed by atoms with Crippen molar-refractivity contribution >= 4 is 45.0 Å². The number of nitrogens with zero attached hydrogens (tertiary/aromatic N) is 2. The topological polar surface area (TPSA) is 57.7 Å². The predicted octanol–water partition coefficient (Wildman–Crippen LogP) is 4.51. The lowest BCUT2D eigenvalue weighted by atomic mass is 10.0. The third-order valence-corrected chi connectivity index (χ3v) is 8.70. The number of benzene rings is 2. The molecule has 5 nitrogen and oxygen atoms in total. The lowest BCUT2D eigenvalue weighted by molar-refractivity contribution is 0.0987. The number of thioether (sulfide) groups is 1. The predicted molar refractivity (Wildman–Crippen MR) is 117 cm³/mol. The van der Waals surface area contributed by atoms with E-state index in [1.54, 1.807) is 39.2 Å². The number of anilines is 1. The maximum atomic E-state index is 13.1. The van der Waals surface area contributed by atoms with Crippen LogP contribution in [0.3, 0.4) is 0 Å². The molecule has 0 aromatic heterocycles. The van der Waals surface area contributed by atoms with Gasteiger partial charge < -0.3 is 4.90 Å². The fourth-order valence-electron chi connectivity index (χ4n) is 3.70. The zero-order valence-corrected chi connectivity index (χ0v) is 18.6. The Morgan fingerprint density at radius 2 is 1.76 bits per heavy atom. The molecule has 2 aliphatic rings. The Kier molecular flexibility index (Phi) is 5.93. The van der Waals surface area contributed by atoms with Gasteiger partial charge in [0.1, 0.15) is 0 Å². The fraction of sp³-hybridized carbons (Fsp3) is 0.381. The minimum Gasteiger partial charge on any atom is -0.306 e. The van der Waals surface area contributed by atoms with Crippen molar-refractivity contribution in [1.29, 1.82) is 0 Å². The molecule has 0 radical (unpaired) electrons. The van der Waals surface area contributed by atoms with E-state index in [4.69, 9.17) is 11.6 Å². The van der Waals surface area contributed by atoms with E-state index in [0.29, 0.717) is 36.1 Å². The summed E-state index contributed by atoms with van der Waals surface area (Å²) in [6.07, 6.45) is 1.76. The minimum absolute atomic E-state index is 0.149. The van der Waals surface area contributed by atoms with Crippen molar-refractivity contribution in [3.05, 3.63) is 53.1 Å². The molecule has 0 atom stereocenters. The van der Waals surface area contributed by atoms with Crippen LogP contribution in [0.25, 0.3) is 0 Å². The van der Waals surface area contributed by atoms with Gasteiger partial charge in [-0.05, 0) is 61.2 Å². The molecule has 0 bridgehead atoms. The molecular weight excluding hydrogens is 428 g/mol. The second-order valence-electron chi connectivity index (χ2n) is 7.53. The summed E-state index contributed by atoms with van der Waals surface area (Å²) in [4.78, 5) is 16.1. The van der Waals surface area contributed by atoms with Crippen LogP contribution in [-0.4, -0.2) is 44.0 Å². The van der Waals surface area contributed by atoms with Crippen LogP contribution >= 0.6 is 23.4 Å². The van der Waals surface area contributed by atoms with Crippen molar-refractivity contribution in [2.45, 2.75) is 29.6 Å². The van der Waals surface area contributed by atoms with Crippen molar-refractivity contribution in [2.75, 3.05) is 30.3 Å². The summed E-state index contributed by atoms with van der Waals surface area (Å²) in [5, 5.41) is 0.585. The molecule has 0 saturated carbocycles. The summed E-state index contributed by atoms with van der Waals surface area (Å²) >= 11 is 7.83. The lowest BCUT2D eigenvalue weighted by Crippen LogP contribution is -2.38. The molecule has 0 aliphatic carbocycles. The minimum atomic E-state index is -3.52. The summed E-state index contributed by atoms with van der Waals surface area (Å²) < 4.78 is 27.3. The van der Waals surface area contributed by atoms with Gasteiger partial charge in [0.05, 0.1) is 10.6 Å². The number of hydrogen-bond donors (Lipinski definition) is 0. The monoisotopic (exact) mass is 450 g/mol. The second-order valence-corrected chi connectivity index (χ2v) is 11.0. The van der Waals surface area contributed by atoms with Gasteiger partial charge >= 0.3 is 0 Å². The van der Waals surface area contributed by atoms with Crippen LogP contribution < -0.4 is 4.90 Å². The molecular formula is C21H23ClN2O3S2. The van der Waals surface area contributed by atoms with Crippen LogP contribution in [0.5, 0.6) is 0 Å². The summed E-state index contributed by atoms with van der Waals surface area (Å²) in [6.45, 7) is 3.83. The van der Waals surface area contributed by atoms with Gasteiger partial charge in [0, 0.05) is 40.9 Å². The number of piperidine rings is 1. The van der Waals surface area contributed by atoms with Gasteiger partial charge in [0.15, 0.2) is 0 Å². The molecule has 8 heteroatoms. The Morgan fingerprint density at radius 1 is 1.07 bits per heavy atom. The van der Waals surface area contributed by atoms with E-state index in [-0.39, 0.29) is 10.8 Å². The smallest absolute Gasteiger partial charge is 0.258 e. The van der Waals surface area contributed by atoms with Crippen molar-refractivity contribution in [2.24, 2.45) is 5.92 Å². The van der Waals surface area contributed by atoms with Crippen LogP contribution in [0.4, 0.5) is 5.69 Å². The molecule has 154 valence electrons. The third kappa shape index (κ3) is 4.19. The van der Waals surface area contributed by atoms with Gasteiger partial charge in [-0.2, -0.15) is 4.31 Å². The number of fused-ring (bicyclic) bond motifs is 1. The van der Waals surface area contributed by atoms with Gasteiger partial charge in [0.2, 0.25) is 10.0 Å². The van der Waals surface area contributed by atoms with E-state index in [2.05, 4.69) is 6.92 Å². The highest BCUT2D eigenvalue weighted by Crippen LogP contribution is 2.37. The quantitative estimate of drug-likeness (QED) is 0.690. The summed E-state index contributed by atoms with van der Waals surface area (Å²) in [5.41, 5.74) is 1.27. The van der Waals surface area contributed by atoms with Crippen molar-refractivity contribution in [1.82, 2.24) is 4.31 Å². The average Bonchev–Trinajstić information content (AvgIpc) is 2.73. The molecule has 29 heavy (non-hydrogen) atoms. The van der Waals surface area contributed by atoms with Crippen LogP contribution in [-0.2, 0) is 10.0 Å². The average molecular weight is 451 g/mol. The van der Waals surface area contributed by atoms with Gasteiger partial charge in [-0.3, -0.25) is 4.79 Å². The molecule has 0 unspecified atom stereocenters. The largest absolute Gasteiger partial charge is 0.306 e. The molecule has 0 spiro atoms. The van der Waals surface area contributed by atoms with E-state index in [1.807, 2.05) is 12.1 Å². The highest BCUT2D eigenvalue weighted by molar-refractivity contribution is 7.99. The third-order valence-electron chi connectivity index (χ3n) is 5.51. The first-order valence-electron chi connectivity index (χ1n) is 9.71. The van der Waals surface area contributed by atoms with Gasteiger partial charge in [-0.25, -0.2) is 8.42 Å². The molecule has 2 aromatic rings. The molecule has 2 heterocycles. The lowest BCUT2D eigenvalue weighted by Gasteiger charge is -2.30. The van der Waals surface area contributed by atoms with Gasteiger partial charge in [-0.15, -0.1) is 11.8 Å². The molecule has 2 aliphatic heterocycles. The van der Waals surface area contributed by atoms with Crippen molar-refractivity contribution in [3.63, 3.8) is 0 Å². The Labute approximate surface area is 181 Å². The molecule has 4 rings (SSSR count). The maximum absolute atomic E-state index is 13.1. The Hall–Kier alpha value is -1.54. The van der Waals surface area contributed by atoms with E-state index >= 15 is 0 Å². The van der Waals surface area contributed by atoms with E-state index in [1.165, 1.54) is 12.1 Å². The van der Waals surface area contributed by atoms with Crippen LogP contribution in [0.2, 0.25) is 5.02 Å². The van der Waals surface area contributed by atoms with Gasteiger partial charge in [-0.1, -0.05) is 18.5 Å². The number of amides is 1. The Balaban J connectivity index is 1.56. The van der Waals surface area contributed by atoms with Gasteiger partial charge in [0.25, 0.3) is 5.91 Å². The first kappa shape index (κ1) is 20.7. The molecule has 1 amide bonds. The SMILES string of the molecule is CC1CCN(S(=O)(=O)c2ccc(C(=O)N3CCSc4ccc(Cl)cc43)cc2)CC1. The van der Waals surface area contributed by atoms with E-state index in [9.17, 15) is 13.2 Å². The Bertz CT molecular complexity index is 1020. The van der Waals surface area contributed by atoms with Crippen molar-refractivity contribution < 1.29 is 13.2 Å². The zero-order valence-electron chi connectivity index (χ0n) is 16.2. The standard InChI is InChI=1S/C21H23ClN2O3S2/c1-15-8-10-23(11-9-15)29(26,27)18-5-2-16(3-6-18)21(25)24-12-13-28-20-7-4-17(22)14-19(20)24/h2-7,14-15H,8-13H2,1H3. The fourth-order valence-corrected chi connectivity index (χ4v) is 6.31.